The summed E-state index contributed by atoms with van der Waals surface area (Å²) in [4.78, 5) is 14.6. The molecule has 236 valence electrons. The van der Waals surface area contributed by atoms with Crippen LogP contribution < -0.4 is 4.74 Å². The quantitative estimate of drug-likeness (QED) is 0.181. The smallest absolute Gasteiger partial charge is 0.160 e. The summed E-state index contributed by atoms with van der Waals surface area (Å²) in [6, 6.07) is 63.2. The van der Waals surface area contributed by atoms with Crippen molar-refractivity contribution < 1.29 is 4.74 Å². The van der Waals surface area contributed by atoms with Gasteiger partial charge in [-0.15, -0.1) is 0 Å². The minimum absolute atomic E-state index is 0.588. The van der Waals surface area contributed by atoms with Crippen LogP contribution in [0.25, 0.3) is 45.2 Å². The van der Waals surface area contributed by atoms with Gasteiger partial charge in [0.2, 0.25) is 0 Å². The van der Waals surface area contributed by atoms with Gasteiger partial charge in [0.25, 0.3) is 0 Å². The number of nitrogens with zero attached hydrogens (tertiary/aromatic N) is 3. The van der Waals surface area contributed by atoms with Crippen LogP contribution in [0.15, 0.2) is 188 Å². The summed E-state index contributed by atoms with van der Waals surface area (Å²) < 4.78 is 6.52. The largest absolute Gasteiger partial charge is 0.457 e. The van der Waals surface area contributed by atoms with Crippen molar-refractivity contribution in [3.8, 4) is 56.7 Å². The average molecular weight is 642 g/mol. The van der Waals surface area contributed by atoms with Crippen molar-refractivity contribution >= 4 is 0 Å². The van der Waals surface area contributed by atoms with Crippen LogP contribution in [-0.2, 0) is 5.41 Å². The van der Waals surface area contributed by atoms with Crippen LogP contribution in [0.5, 0.6) is 11.5 Å². The summed E-state index contributed by atoms with van der Waals surface area (Å²) in [7, 11) is 0. The standard InChI is InChI=1S/C46H31N3O/c1-3-15-32(16-4-1)45-48-41(31-42(49-45)40-25-11-12-28-47-40)35-19-13-17-33(29-35)34-18-14-22-37(30-34)46(36-20-5-2-6-21-36)38-23-7-9-26-43(38)50-44-27-10-8-24-39(44)46/h1-31H. The molecule has 0 bridgehead atoms. The number of fused-ring (bicyclic) bond motifs is 2. The molecule has 0 N–H and O–H groups in total. The molecule has 8 aromatic rings. The fraction of sp³-hybridized carbons (Fsp3) is 0.0217. The fourth-order valence-electron chi connectivity index (χ4n) is 7.22. The number of rotatable bonds is 6. The number of benzene rings is 6. The van der Waals surface area contributed by atoms with Gasteiger partial charge in [0.1, 0.15) is 11.5 Å². The maximum Gasteiger partial charge on any atom is 0.160 e. The summed E-state index contributed by atoms with van der Waals surface area (Å²) in [5, 5.41) is 0. The van der Waals surface area contributed by atoms with Crippen LogP contribution in [0, 0.1) is 0 Å². The highest BCUT2D eigenvalue weighted by atomic mass is 16.5. The number of ether oxygens (including phenoxy) is 1. The fourth-order valence-corrected chi connectivity index (χ4v) is 7.22. The van der Waals surface area contributed by atoms with Gasteiger partial charge in [0.15, 0.2) is 5.82 Å². The summed E-state index contributed by atoms with van der Waals surface area (Å²) in [6.45, 7) is 0. The van der Waals surface area contributed by atoms with Gasteiger partial charge in [0, 0.05) is 28.5 Å². The number of para-hydroxylation sites is 2. The van der Waals surface area contributed by atoms with Gasteiger partial charge in [-0.2, -0.15) is 0 Å². The van der Waals surface area contributed by atoms with Crippen molar-refractivity contribution in [1.29, 1.82) is 0 Å². The molecular weight excluding hydrogens is 611 g/mol. The predicted molar refractivity (Wildman–Crippen MR) is 200 cm³/mol. The first-order valence-corrected chi connectivity index (χ1v) is 16.8. The van der Waals surface area contributed by atoms with E-state index >= 15 is 0 Å². The summed E-state index contributed by atoms with van der Waals surface area (Å²) in [6.07, 6.45) is 1.80. The van der Waals surface area contributed by atoms with E-state index in [1.807, 2.05) is 66.7 Å². The minimum Gasteiger partial charge on any atom is -0.457 e. The van der Waals surface area contributed by atoms with Gasteiger partial charge in [-0.25, -0.2) is 9.97 Å². The topological polar surface area (TPSA) is 47.9 Å². The van der Waals surface area contributed by atoms with E-state index in [2.05, 4.69) is 120 Å². The first-order valence-electron chi connectivity index (χ1n) is 16.8. The summed E-state index contributed by atoms with van der Waals surface area (Å²) in [5.74, 6) is 2.39. The lowest BCUT2D eigenvalue weighted by atomic mass is 9.63. The molecule has 4 heteroatoms. The SMILES string of the molecule is c1ccc(-c2nc(-c3cccc(-c4cccc(C5(c6ccccc6)c6ccccc6Oc6ccccc65)c4)c3)cc(-c3ccccn3)n2)cc1. The van der Waals surface area contributed by atoms with Crippen molar-refractivity contribution in [2.24, 2.45) is 0 Å². The van der Waals surface area contributed by atoms with Crippen LogP contribution in [0.1, 0.15) is 22.3 Å². The highest BCUT2D eigenvalue weighted by molar-refractivity contribution is 5.77. The van der Waals surface area contributed by atoms with Gasteiger partial charge in [0.05, 0.1) is 22.5 Å². The van der Waals surface area contributed by atoms with Gasteiger partial charge in [-0.1, -0.05) is 140 Å². The molecular formula is C46H31N3O. The third-order valence-corrected chi connectivity index (χ3v) is 9.48. The average Bonchev–Trinajstić information content (AvgIpc) is 3.21. The van der Waals surface area contributed by atoms with Gasteiger partial charge >= 0.3 is 0 Å². The molecule has 0 aliphatic carbocycles. The van der Waals surface area contributed by atoms with E-state index in [4.69, 9.17) is 14.7 Å². The zero-order valence-corrected chi connectivity index (χ0v) is 27.1. The minimum atomic E-state index is -0.588. The molecule has 0 saturated carbocycles. The van der Waals surface area contributed by atoms with Crippen molar-refractivity contribution in [3.63, 3.8) is 0 Å². The van der Waals surface area contributed by atoms with Crippen LogP contribution in [0.2, 0.25) is 0 Å². The lowest BCUT2D eigenvalue weighted by Crippen LogP contribution is -2.34. The van der Waals surface area contributed by atoms with Crippen LogP contribution in [0.4, 0.5) is 0 Å². The molecule has 0 fully saturated rings. The van der Waals surface area contributed by atoms with Crippen molar-refractivity contribution in [3.05, 3.63) is 210 Å². The van der Waals surface area contributed by atoms with Crippen molar-refractivity contribution in [1.82, 2.24) is 15.0 Å². The third-order valence-electron chi connectivity index (χ3n) is 9.48. The lowest BCUT2D eigenvalue weighted by molar-refractivity contribution is 0.434. The van der Waals surface area contributed by atoms with E-state index in [0.717, 1.165) is 62.0 Å². The zero-order chi connectivity index (χ0) is 33.3. The number of hydrogen-bond acceptors (Lipinski definition) is 4. The Morgan fingerprint density at radius 3 is 1.66 bits per heavy atom. The molecule has 4 nitrogen and oxygen atoms in total. The molecule has 9 rings (SSSR count). The first kappa shape index (κ1) is 29.5. The molecule has 1 aliphatic rings. The Hall–Kier alpha value is -6.65. The van der Waals surface area contributed by atoms with E-state index < -0.39 is 5.41 Å². The highest BCUT2D eigenvalue weighted by Crippen LogP contribution is 2.55. The van der Waals surface area contributed by atoms with Crippen LogP contribution in [0.3, 0.4) is 0 Å². The second-order valence-corrected chi connectivity index (χ2v) is 12.4. The van der Waals surface area contributed by atoms with Crippen LogP contribution in [-0.4, -0.2) is 15.0 Å². The number of hydrogen-bond donors (Lipinski definition) is 0. The Morgan fingerprint density at radius 2 is 0.940 bits per heavy atom. The normalized spacial score (nSPS) is 12.7. The Morgan fingerprint density at radius 1 is 0.380 bits per heavy atom. The van der Waals surface area contributed by atoms with E-state index in [-0.39, 0.29) is 0 Å². The third kappa shape index (κ3) is 5.06. The Kier molecular flexibility index (Phi) is 7.33. The summed E-state index contributed by atoms with van der Waals surface area (Å²) in [5.41, 5.74) is 10.6. The maximum atomic E-state index is 6.52. The second-order valence-electron chi connectivity index (χ2n) is 12.4. The van der Waals surface area contributed by atoms with Gasteiger partial charge < -0.3 is 4.74 Å². The maximum absolute atomic E-state index is 6.52. The molecule has 6 aromatic carbocycles. The molecule has 0 amide bonds. The molecule has 0 radical (unpaired) electrons. The second kappa shape index (κ2) is 12.4. The molecule has 0 unspecified atom stereocenters. The monoisotopic (exact) mass is 641 g/mol. The Balaban J connectivity index is 1.21. The van der Waals surface area contributed by atoms with Crippen LogP contribution >= 0.6 is 0 Å². The molecule has 3 heterocycles. The highest BCUT2D eigenvalue weighted by Gasteiger charge is 2.45. The molecule has 0 saturated heterocycles. The molecule has 1 aliphatic heterocycles. The number of pyridine rings is 1. The molecule has 2 aromatic heterocycles. The van der Waals surface area contributed by atoms with E-state index in [1.54, 1.807) is 6.20 Å². The van der Waals surface area contributed by atoms with E-state index in [9.17, 15) is 0 Å². The first-order chi connectivity index (χ1) is 24.8. The molecule has 0 atom stereocenters. The van der Waals surface area contributed by atoms with Gasteiger partial charge in [-0.3, -0.25) is 4.98 Å². The van der Waals surface area contributed by atoms with Crippen molar-refractivity contribution in [2.75, 3.05) is 0 Å². The predicted octanol–water partition coefficient (Wildman–Crippen LogP) is 11.0. The van der Waals surface area contributed by atoms with E-state index in [1.165, 1.54) is 11.1 Å². The Bertz CT molecular complexity index is 2360. The van der Waals surface area contributed by atoms with Crippen molar-refractivity contribution in [2.45, 2.75) is 5.41 Å². The molecule has 50 heavy (non-hydrogen) atoms. The number of aromatic nitrogens is 3. The van der Waals surface area contributed by atoms with Gasteiger partial charge in [-0.05, 0) is 64.7 Å². The molecule has 0 spiro atoms. The zero-order valence-electron chi connectivity index (χ0n) is 27.1. The van der Waals surface area contributed by atoms with E-state index in [0.29, 0.717) is 5.82 Å². The Labute approximate surface area is 291 Å². The lowest BCUT2D eigenvalue weighted by Gasteiger charge is -2.41. The summed E-state index contributed by atoms with van der Waals surface area (Å²) >= 11 is 0.